The Kier molecular flexibility index (Phi) is 12.1. The van der Waals surface area contributed by atoms with Crippen molar-refractivity contribution in [3.63, 3.8) is 0 Å². The number of thiocarbonyl (C=S) groups is 1. The zero-order valence-electron chi connectivity index (χ0n) is 21.5. The zero-order valence-corrected chi connectivity index (χ0v) is 23.2. The molecule has 0 saturated carbocycles. The van der Waals surface area contributed by atoms with Gasteiger partial charge < -0.3 is 14.6 Å². The molecule has 1 saturated heterocycles. The van der Waals surface area contributed by atoms with Crippen LogP contribution < -0.4 is 9.47 Å². The number of ether oxygens (including phenoxy) is 2. The van der Waals surface area contributed by atoms with Crippen molar-refractivity contribution in [3.8, 4) is 11.5 Å². The van der Waals surface area contributed by atoms with E-state index in [1.54, 1.807) is 6.08 Å². The van der Waals surface area contributed by atoms with E-state index >= 15 is 0 Å². The lowest BCUT2D eigenvalue weighted by molar-refractivity contribution is -0.147. The van der Waals surface area contributed by atoms with Crippen molar-refractivity contribution in [1.82, 2.24) is 4.90 Å². The van der Waals surface area contributed by atoms with Gasteiger partial charge in [0.1, 0.15) is 10.4 Å². The third-order valence-electron chi connectivity index (χ3n) is 6.15. The number of hydrogen-bond donors (Lipinski definition) is 1. The number of carboxylic acid groups (broad SMARTS) is 1. The lowest BCUT2D eigenvalue weighted by Gasteiger charge is -2.27. The summed E-state index contributed by atoms with van der Waals surface area (Å²) in [6.07, 6.45) is 9.56. The molecule has 1 heterocycles. The highest BCUT2D eigenvalue weighted by Gasteiger charge is 2.42. The highest BCUT2D eigenvalue weighted by Crippen LogP contribution is 2.37. The molecule has 1 amide bonds. The molecule has 3 atom stereocenters. The van der Waals surface area contributed by atoms with Gasteiger partial charge in [-0.1, -0.05) is 82.9 Å². The van der Waals surface area contributed by atoms with Crippen molar-refractivity contribution in [1.29, 1.82) is 0 Å². The number of thioether (sulfide) groups is 1. The van der Waals surface area contributed by atoms with Crippen LogP contribution in [0, 0.1) is 5.92 Å². The van der Waals surface area contributed by atoms with Crippen LogP contribution in [0.2, 0.25) is 0 Å². The first-order valence-electron chi connectivity index (χ1n) is 12.7. The van der Waals surface area contributed by atoms with Gasteiger partial charge in [0.05, 0.1) is 17.6 Å². The van der Waals surface area contributed by atoms with E-state index in [0.29, 0.717) is 29.4 Å². The first-order chi connectivity index (χ1) is 16.7. The summed E-state index contributed by atoms with van der Waals surface area (Å²) in [5, 5.41) is 9.72. The van der Waals surface area contributed by atoms with Crippen molar-refractivity contribution in [2.24, 2.45) is 5.92 Å². The van der Waals surface area contributed by atoms with Crippen molar-refractivity contribution < 1.29 is 24.2 Å². The first-order valence-corrected chi connectivity index (χ1v) is 13.9. The number of rotatable bonds is 15. The zero-order chi connectivity index (χ0) is 26.0. The average molecular weight is 522 g/mol. The van der Waals surface area contributed by atoms with Crippen LogP contribution in [0.4, 0.5) is 0 Å². The second kappa shape index (κ2) is 14.5. The molecule has 2 rings (SSSR count). The number of carbonyl (C=O) groups excluding carboxylic acids is 1. The summed E-state index contributed by atoms with van der Waals surface area (Å²) in [6, 6.07) is 4.62. The summed E-state index contributed by atoms with van der Waals surface area (Å²) in [4.78, 5) is 26.6. The van der Waals surface area contributed by atoms with Crippen molar-refractivity contribution in [2.75, 3.05) is 6.61 Å². The summed E-state index contributed by atoms with van der Waals surface area (Å²) in [5.74, 6) is -0.332. The third-order valence-corrected chi connectivity index (χ3v) is 7.48. The summed E-state index contributed by atoms with van der Waals surface area (Å²) in [5.41, 5.74) is 0.768. The summed E-state index contributed by atoms with van der Waals surface area (Å²) in [7, 11) is 0. The molecule has 8 heteroatoms. The summed E-state index contributed by atoms with van der Waals surface area (Å²) in [6.45, 7) is 10.4. The Hall–Kier alpha value is -2.06. The molecule has 1 aliphatic rings. The van der Waals surface area contributed by atoms with E-state index in [-0.39, 0.29) is 22.2 Å². The molecule has 1 aliphatic heterocycles. The quantitative estimate of drug-likeness (QED) is 0.153. The van der Waals surface area contributed by atoms with E-state index < -0.39 is 12.0 Å². The molecule has 1 fully saturated rings. The van der Waals surface area contributed by atoms with E-state index in [0.717, 1.165) is 30.2 Å². The van der Waals surface area contributed by atoms with Gasteiger partial charge in [0.2, 0.25) is 0 Å². The van der Waals surface area contributed by atoms with Crippen molar-refractivity contribution >= 4 is 46.3 Å². The van der Waals surface area contributed by atoms with E-state index in [4.69, 9.17) is 21.7 Å². The Morgan fingerprint density at radius 1 is 1.14 bits per heavy atom. The van der Waals surface area contributed by atoms with Crippen LogP contribution in [0.25, 0.3) is 6.08 Å². The second-order valence-electron chi connectivity index (χ2n) is 8.99. The lowest BCUT2D eigenvalue weighted by atomic mass is 9.98. The van der Waals surface area contributed by atoms with E-state index in [9.17, 15) is 14.7 Å². The van der Waals surface area contributed by atoms with E-state index in [1.165, 1.54) is 30.6 Å². The molecule has 0 aliphatic carbocycles. The minimum absolute atomic E-state index is 0.0754. The molecular formula is C27H39NO5S2. The molecule has 0 spiro atoms. The fraction of sp³-hybridized carbons (Fsp3) is 0.593. The predicted molar refractivity (Wildman–Crippen MR) is 147 cm³/mol. The maximum absolute atomic E-state index is 13.1. The number of carbonyl (C=O) groups is 2. The maximum Gasteiger partial charge on any atom is 0.327 e. The van der Waals surface area contributed by atoms with Crippen LogP contribution in [0.1, 0.15) is 85.1 Å². The Morgan fingerprint density at radius 3 is 2.49 bits per heavy atom. The standard InChI is InChI=1S/C27H39NO5S2/c1-6-9-10-11-12-13-19(5)33-21-15-14-20(16-22(21)32-8-3)17-23-25(29)28(27(34)35-23)24(26(30)31)18(4)7-2/h14-19,24H,6-13H2,1-5H3,(H,30,31)/b23-17+/t18-,19-,24+/m0/s1. The van der Waals surface area contributed by atoms with Crippen LogP contribution in [-0.2, 0) is 9.59 Å². The summed E-state index contributed by atoms with van der Waals surface area (Å²) >= 11 is 6.52. The molecular weight excluding hydrogens is 482 g/mol. The van der Waals surface area contributed by atoms with Crippen LogP contribution in [0.5, 0.6) is 11.5 Å². The fourth-order valence-corrected chi connectivity index (χ4v) is 5.32. The maximum atomic E-state index is 13.1. The predicted octanol–water partition coefficient (Wildman–Crippen LogP) is 6.91. The minimum atomic E-state index is -1.04. The average Bonchev–Trinajstić information content (AvgIpc) is 3.08. The molecule has 0 unspecified atom stereocenters. The highest BCUT2D eigenvalue weighted by molar-refractivity contribution is 8.26. The SMILES string of the molecule is CCCCCCC[C@H](C)Oc1ccc(/C=C2/SC(=S)N([C@@H](C(=O)O)[C@@H](C)CC)C2=O)cc1OCC. The van der Waals surface area contributed by atoms with Gasteiger partial charge >= 0.3 is 5.97 Å². The normalized spacial score (nSPS) is 17.5. The van der Waals surface area contributed by atoms with E-state index in [2.05, 4.69) is 13.8 Å². The summed E-state index contributed by atoms with van der Waals surface area (Å²) < 4.78 is 12.3. The number of nitrogens with zero attached hydrogens (tertiary/aromatic N) is 1. The smallest absolute Gasteiger partial charge is 0.327 e. The molecule has 0 radical (unpaired) electrons. The fourth-order valence-electron chi connectivity index (χ4n) is 3.99. The van der Waals surface area contributed by atoms with Gasteiger partial charge in [0.25, 0.3) is 5.91 Å². The molecule has 6 nitrogen and oxygen atoms in total. The molecule has 0 bridgehead atoms. The number of amides is 1. The first kappa shape index (κ1) is 29.2. The topological polar surface area (TPSA) is 76.1 Å². The molecule has 35 heavy (non-hydrogen) atoms. The third kappa shape index (κ3) is 8.24. The van der Waals surface area contributed by atoms with Crippen molar-refractivity contribution in [2.45, 2.75) is 91.7 Å². The highest BCUT2D eigenvalue weighted by atomic mass is 32.2. The number of aliphatic carboxylic acids is 1. The number of carboxylic acids is 1. The van der Waals surface area contributed by atoms with Crippen LogP contribution >= 0.6 is 24.0 Å². The monoisotopic (exact) mass is 521 g/mol. The van der Waals surface area contributed by atoms with Gasteiger partial charge in [0, 0.05) is 0 Å². The number of hydrogen-bond acceptors (Lipinski definition) is 6. The number of unbranched alkanes of at least 4 members (excludes halogenated alkanes) is 4. The van der Waals surface area contributed by atoms with Gasteiger partial charge in [-0.2, -0.15) is 0 Å². The molecule has 1 aromatic carbocycles. The van der Waals surface area contributed by atoms with Crippen molar-refractivity contribution in [3.05, 3.63) is 28.7 Å². The van der Waals surface area contributed by atoms with Gasteiger partial charge in [-0.15, -0.1) is 0 Å². The molecule has 1 N–H and O–H groups in total. The Balaban J connectivity index is 2.17. The van der Waals surface area contributed by atoms with Crippen LogP contribution in [-0.4, -0.2) is 45.0 Å². The van der Waals surface area contributed by atoms with Crippen LogP contribution in [0.15, 0.2) is 23.1 Å². The van der Waals surface area contributed by atoms with E-state index in [1.807, 2.05) is 39.0 Å². The van der Waals surface area contributed by atoms with Gasteiger partial charge in [-0.05, 0) is 56.4 Å². The Morgan fingerprint density at radius 2 is 1.86 bits per heavy atom. The van der Waals surface area contributed by atoms with Gasteiger partial charge in [-0.25, -0.2) is 4.79 Å². The van der Waals surface area contributed by atoms with Gasteiger partial charge in [-0.3, -0.25) is 9.69 Å². The lowest BCUT2D eigenvalue weighted by Crippen LogP contribution is -2.47. The van der Waals surface area contributed by atoms with Crippen LogP contribution in [0.3, 0.4) is 0 Å². The largest absolute Gasteiger partial charge is 0.490 e. The molecule has 194 valence electrons. The number of benzene rings is 1. The molecule has 1 aromatic rings. The Labute approximate surface area is 219 Å². The Bertz CT molecular complexity index is 917. The minimum Gasteiger partial charge on any atom is -0.490 e. The molecule has 0 aromatic heterocycles. The van der Waals surface area contributed by atoms with Gasteiger partial charge in [0.15, 0.2) is 11.5 Å². The second-order valence-corrected chi connectivity index (χ2v) is 10.7.